The molecule has 0 fully saturated rings. The highest BCUT2D eigenvalue weighted by Crippen LogP contribution is 2.13. The molecule has 0 aromatic carbocycles. The van der Waals surface area contributed by atoms with E-state index in [0.717, 1.165) is 5.56 Å². The number of amides is 2. The van der Waals surface area contributed by atoms with Gasteiger partial charge in [0, 0.05) is 31.4 Å². The smallest absolute Gasteiger partial charge is 0.338 e. The lowest BCUT2D eigenvalue weighted by Gasteiger charge is -2.19. The molecule has 3 N–H and O–H groups in total. The normalized spacial score (nSPS) is 11.9. The van der Waals surface area contributed by atoms with Crippen LogP contribution in [0.2, 0.25) is 0 Å². The van der Waals surface area contributed by atoms with Gasteiger partial charge < -0.3 is 15.7 Å². The summed E-state index contributed by atoms with van der Waals surface area (Å²) in [5.74, 6) is -1.34. The standard InChI is InChI=1S/C21H26N8O4/c1-13(2)6-18(25-14(3)30)20(31)23-7-15-8-24-28(10-15)11-16-12-29(27-26-16)19-9-22-5-4-17(19)21(32)33/h4-5,8-10,12-13,18H,6-7,11H2,1-3H3,(H,23,31)(H,25,30)(H,32,33). The average Bonchev–Trinajstić information content (AvgIpc) is 3.40. The second kappa shape index (κ2) is 10.5. The minimum Gasteiger partial charge on any atom is -0.478 e. The van der Waals surface area contributed by atoms with Crippen LogP contribution in [0.25, 0.3) is 5.69 Å². The maximum Gasteiger partial charge on any atom is 0.338 e. The zero-order valence-corrected chi connectivity index (χ0v) is 18.6. The molecule has 3 rings (SSSR count). The summed E-state index contributed by atoms with van der Waals surface area (Å²) < 4.78 is 2.99. The largest absolute Gasteiger partial charge is 0.478 e. The number of carboxylic acids is 1. The van der Waals surface area contributed by atoms with E-state index < -0.39 is 12.0 Å². The number of pyridine rings is 1. The average molecular weight is 454 g/mol. The molecule has 2 amide bonds. The zero-order chi connectivity index (χ0) is 24.0. The number of aromatic nitrogens is 6. The highest BCUT2D eigenvalue weighted by atomic mass is 16.4. The van der Waals surface area contributed by atoms with Crippen LogP contribution in [0.3, 0.4) is 0 Å². The Morgan fingerprint density at radius 1 is 1.18 bits per heavy atom. The molecule has 1 atom stereocenters. The molecule has 0 radical (unpaired) electrons. The lowest BCUT2D eigenvalue weighted by molar-refractivity contribution is -0.128. The van der Waals surface area contributed by atoms with E-state index in [1.54, 1.807) is 23.3 Å². The van der Waals surface area contributed by atoms with Crippen molar-refractivity contribution in [2.45, 2.75) is 46.3 Å². The van der Waals surface area contributed by atoms with Gasteiger partial charge in [0.05, 0.1) is 36.4 Å². The van der Waals surface area contributed by atoms with Gasteiger partial charge in [0.2, 0.25) is 11.8 Å². The monoisotopic (exact) mass is 454 g/mol. The van der Waals surface area contributed by atoms with Crippen molar-refractivity contribution in [1.82, 2.24) is 40.4 Å². The number of nitrogens with zero attached hydrogens (tertiary/aromatic N) is 6. The Hall–Kier alpha value is -4.09. The van der Waals surface area contributed by atoms with Gasteiger partial charge in [-0.1, -0.05) is 19.1 Å². The van der Waals surface area contributed by atoms with Gasteiger partial charge in [-0.05, 0) is 18.4 Å². The van der Waals surface area contributed by atoms with E-state index in [1.807, 2.05) is 13.8 Å². The van der Waals surface area contributed by atoms with Crippen LogP contribution in [0.5, 0.6) is 0 Å². The van der Waals surface area contributed by atoms with Crippen molar-refractivity contribution in [3.63, 3.8) is 0 Å². The lowest BCUT2D eigenvalue weighted by atomic mass is 10.0. The quantitative estimate of drug-likeness (QED) is 0.405. The van der Waals surface area contributed by atoms with E-state index in [1.165, 1.54) is 30.1 Å². The number of nitrogens with one attached hydrogen (secondary N) is 2. The van der Waals surface area contributed by atoms with Crippen molar-refractivity contribution < 1.29 is 19.5 Å². The molecule has 0 aliphatic heterocycles. The number of aromatic carboxylic acids is 1. The van der Waals surface area contributed by atoms with Gasteiger partial charge in [0.1, 0.15) is 11.7 Å². The number of hydrogen-bond donors (Lipinski definition) is 3. The van der Waals surface area contributed by atoms with Crippen molar-refractivity contribution >= 4 is 17.8 Å². The predicted octanol–water partition coefficient (Wildman–Crippen LogP) is 0.772. The molecular weight excluding hydrogens is 428 g/mol. The first-order valence-electron chi connectivity index (χ1n) is 10.4. The summed E-state index contributed by atoms with van der Waals surface area (Å²) in [5.41, 5.74) is 1.72. The first-order chi connectivity index (χ1) is 15.7. The first kappa shape index (κ1) is 23.6. The molecule has 3 aromatic heterocycles. The number of carbonyl (C=O) groups is 3. The topological polar surface area (TPSA) is 157 Å². The summed E-state index contributed by atoms with van der Waals surface area (Å²) >= 11 is 0. The van der Waals surface area contributed by atoms with Crippen LogP contribution in [0.4, 0.5) is 0 Å². The third-order valence-electron chi connectivity index (χ3n) is 4.70. The first-order valence-corrected chi connectivity index (χ1v) is 10.4. The third-order valence-corrected chi connectivity index (χ3v) is 4.70. The molecule has 0 aliphatic carbocycles. The van der Waals surface area contributed by atoms with Crippen molar-refractivity contribution in [2.75, 3.05) is 0 Å². The minimum absolute atomic E-state index is 0.0635. The molecular formula is C21H26N8O4. The SMILES string of the molecule is CC(=O)NC(CC(C)C)C(=O)NCc1cnn(Cc2cn(-c3cnccc3C(=O)O)nn2)c1. The van der Waals surface area contributed by atoms with Gasteiger partial charge in [-0.25, -0.2) is 9.48 Å². The van der Waals surface area contributed by atoms with Gasteiger partial charge in [-0.15, -0.1) is 5.10 Å². The third kappa shape index (κ3) is 6.45. The Morgan fingerprint density at radius 3 is 2.67 bits per heavy atom. The van der Waals surface area contributed by atoms with Gasteiger partial charge in [0.15, 0.2) is 0 Å². The van der Waals surface area contributed by atoms with Crippen LogP contribution in [-0.2, 0) is 22.7 Å². The zero-order valence-electron chi connectivity index (χ0n) is 18.6. The van der Waals surface area contributed by atoms with E-state index in [4.69, 9.17) is 0 Å². The van der Waals surface area contributed by atoms with Crippen molar-refractivity contribution in [3.8, 4) is 5.69 Å². The Labute approximate surface area is 190 Å². The summed E-state index contributed by atoms with van der Waals surface area (Å²) in [6.07, 6.45) is 8.35. The number of rotatable bonds is 10. The Kier molecular flexibility index (Phi) is 7.49. The van der Waals surface area contributed by atoms with E-state index in [2.05, 4.69) is 31.0 Å². The van der Waals surface area contributed by atoms with Crippen LogP contribution in [0, 0.1) is 5.92 Å². The maximum atomic E-state index is 12.5. The molecule has 1 unspecified atom stereocenters. The number of carbonyl (C=O) groups excluding carboxylic acids is 2. The van der Waals surface area contributed by atoms with Crippen LogP contribution in [0.15, 0.2) is 37.1 Å². The fourth-order valence-electron chi connectivity index (χ4n) is 3.25. The Balaban J connectivity index is 1.61. The molecule has 33 heavy (non-hydrogen) atoms. The molecule has 3 heterocycles. The van der Waals surface area contributed by atoms with Crippen molar-refractivity contribution in [1.29, 1.82) is 0 Å². The van der Waals surface area contributed by atoms with Crippen LogP contribution in [-0.4, -0.2) is 58.7 Å². The molecule has 0 saturated heterocycles. The summed E-state index contributed by atoms with van der Waals surface area (Å²) in [4.78, 5) is 39.2. The highest BCUT2D eigenvalue weighted by Gasteiger charge is 2.20. The summed E-state index contributed by atoms with van der Waals surface area (Å²) in [6.45, 7) is 5.92. The van der Waals surface area contributed by atoms with E-state index in [0.29, 0.717) is 24.3 Å². The summed E-state index contributed by atoms with van der Waals surface area (Å²) in [7, 11) is 0. The Morgan fingerprint density at radius 2 is 1.97 bits per heavy atom. The Bertz CT molecular complexity index is 1140. The van der Waals surface area contributed by atoms with Gasteiger partial charge in [-0.3, -0.25) is 19.3 Å². The predicted molar refractivity (Wildman–Crippen MR) is 116 cm³/mol. The molecule has 3 aromatic rings. The molecule has 174 valence electrons. The molecule has 0 spiro atoms. The highest BCUT2D eigenvalue weighted by molar-refractivity contribution is 5.91. The van der Waals surface area contributed by atoms with Gasteiger partial charge >= 0.3 is 5.97 Å². The molecule has 0 bridgehead atoms. The summed E-state index contributed by atoms with van der Waals surface area (Å²) in [6, 6.07) is 0.806. The van der Waals surface area contributed by atoms with Crippen LogP contribution in [0.1, 0.15) is 48.8 Å². The van der Waals surface area contributed by atoms with Crippen LogP contribution >= 0.6 is 0 Å². The number of hydrogen-bond acceptors (Lipinski definition) is 7. The second-order valence-electron chi connectivity index (χ2n) is 8.00. The summed E-state index contributed by atoms with van der Waals surface area (Å²) in [5, 5.41) is 27.2. The fourth-order valence-corrected chi connectivity index (χ4v) is 3.25. The van der Waals surface area contributed by atoms with Crippen molar-refractivity contribution in [2.24, 2.45) is 5.92 Å². The molecule has 12 heteroatoms. The molecule has 12 nitrogen and oxygen atoms in total. The fraction of sp³-hybridized carbons (Fsp3) is 0.381. The van der Waals surface area contributed by atoms with Crippen molar-refractivity contribution in [3.05, 3.63) is 53.9 Å². The minimum atomic E-state index is -1.09. The molecule has 0 aliphatic rings. The maximum absolute atomic E-state index is 12.5. The molecule has 0 saturated carbocycles. The second-order valence-corrected chi connectivity index (χ2v) is 8.00. The lowest BCUT2D eigenvalue weighted by Crippen LogP contribution is -2.46. The van der Waals surface area contributed by atoms with E-state index >= 15 is 0 Å². The van der Waals surface area contributed by atoms with Gasteiger partial charge in [-0.2, -0.15) is 5.10 Å². The number of carboxylic acid groups (broad SMARTS) is 1. The van der Waals surface area contributed by atoms with E-state index in [9.17, 15) is 19.5 Å². The van der Waals surface area contributed by atoms with Crippen LogP contribution < -0.4 is 10.6 Å². The van der Waals surface area contributed by atoms with Gasteiger partial charge in [0.25, 0.3) is 0 Å². The van der Waals surface area contributed by atoms with E-state index in [-0.39, 0.29) is 29.8 Å².